The summed E-state index contributed by atoms with van der Waals surface area (Å²) >= 11 is 6.03. The number of amides is 2. The second-order valence-corrected chi connectivity index (χ2v) is 5.57. The molecule has 0 radical (unpaired) electrons. The van der Waals surface area contributed by atoms with Crippen molar-refractivity contribution in [1.29, 1.82) is 0 Å². The summed E-state index contributed by atoms with van der Waals surface area (Å²) < 4.78 is 10.3. The van der Waals surface area contributed by atoms with E-state index < -0.39 is 17.7 Å². The third-order valence-corrected chi connectivity index (χ3v) is 3.42. The van der Waals surface area contributed by atoms with Gasteiger partial charge in [0.1, 0.15) is 11.5 Å². The highest BCUT2D eigenvalue weighted by atomic mass is 35.5. The smallest absolute Gasteiger partial charge is 0.319 e. The number of ether oxygens (including phenoxy) is 2. The number of halogens is 1. The highest BCUT2D eigenvalue weighted by Crippen LogP contribution is 2.35. The fraction of sp³-hybridized carbons (Fsp3) is 0.500. The van der Waals surface area contributed by atoms with Gasteiger partial charge in [-0.3, -0.25) is 0 Å². The van der Waals surface area contributed by atoms with Gasteiger partial charge in [0.2, 0.25) is 0 Å². The lowest BCUT2D eigenvalue weighted by Crippen LogP contribution is -2.48. The van der Waals surface area contributed by atoms with Gasteiger partial charge in [0.25, 0.3) is 0 Å². The van der Waals surface area contributed by atoms with Crippen LogP contribution in [-0.4, -0.2) is 37.0 Å². The molecule has 0 unspecified atom stereocenters. The topological polar surface area (TPSA) is 79.8 Å². The van der Waals surface area contributed by atoms with E-state index in [2.05, 4.69) is 10.6 Å². The molecule has 0 bridgehead atoms. The minimum Gasteiger partial charge on any atom is -0.495 e. The molecule has 118 valence electrons. The van der Waals surface area contributed by atoms with Gasteiger partial charge < -0.3 is 25.2 Å². The summed E-state index contributed by atoms with van der Waals surface area (Å²) in [5.41, 5.74) is -0.623. The first-order chi connectivity index (χ1) is 9.68. The summed E-state index contributed by atoms with van der Waals surface area (Å²) in [6, 6.07) is 2.21. The molecule has 0 fully saturated rings. The Morgan fingerprint density at radius 3 is 2.33 bits per heavy atom. The molecule has 0 aliphatic heterocycles. The number of hydrogen-bond donors (Lipinski definition) is 3. The van der Waals surface area contributed by atoms with E-state index in [1.165, 1.54) is 20.3 Å². The Bertz CT molecular complexity index is 514. The number of carbonyl (C=O) groups is 1. The van der Waals surface area contributed by atoms with Crippen molar-refractivity contribution in [3.05, 3.63) is 17.2 Å². The maximum absolute atomic E-state index is 11.9. The van der Waals surface area contributed by atoms with Crippen LogP contribution in [0.1, 0.15) is 20.8 Å². The Balaban J connectivity index is 2.87. The maximum atomic E-state index is 11.9. The summed E-state index contributed by atoms with van der Waals surface area (Å²) in [6.07, 6.45) is 0. The van der Waals surface area contributed by atoms with Gasteiger partial charge in [-0.2, -0.15) is 0 Å². The third kappa shape index (κ3) is 4.68. The summed E-state index contributed by atoms with van der Waals surface area (Å²) in [5, 5.41) is 15.4. The quantitative estimate of drug-likeness (QED) is 0.780. The van der Waals surface area contributed by atoms with Crippen molar-refractivity contribution < 1.29 is 19.4 Å². The molecule has 0 aliphatic carbocycles. The molecular weight excluding hydrogens is 296 g/mol. The molecule has 0 aliphatic rings. The predicted molar refractivity (Wildman–Crippen MR) is 82.5 cm³/mol. The maximum Gasteiger partial charge on any atom is 0.319 e. The molecule has 3 N–H and O–H groups in total. The summed E-state index contributed by atoms with van der Waals surface area (Å²) in [7, 11) is 2.97. The first-order valence-corrected chi connectivity index (χ1v) is 6.78. The van der Waals surface area contributed by atoms with Crippen molar-refractivity contribution >= 4 is 23.3 Å². The normalized spacial score (nSPS) is 12.5. The van der Waals surface area contributed by atoms with E-state index in [0.717, 1.165) is 0 Å². The average molecular weight is 317 g/mol. The van der Waals surface area contributed by atoms with Crippen molar-refractivity contribution in [2.75, 3.05) is 19.5 Å². The molecule has 1 atom stereocenters. The first kappa shape index (κ1) is 17.4. The second kappa shape index (κ2) is 6.87. The van der Waals surface area contributed by atoms with Gasteiger partial charge in [0.05, 0.1) is 36.6 Å². The van der Waals surface area contributed by atoms with Crippen molar-refractivity contribution in [2.45, 2.75) is 32.4 Å². The van der Waals surface area contributed by atoms with Gasteiger partial charge in [-0.1, -0.05) is 11.6 Å². The number of benzene rings is 1. The second-order valence-electron chi connectivity index (χ2n) is 5.16. The number of anilines is 1. The van der Waals surface area contributed by atoms with Gasteiger partial charge >= 0.3 is 6.03 Å². The fourth-order valence-electron chi connectivity index (χ4n) is 1.49. The number of carbonyl (C=O) groups excluding carboxylic acids is 1. The Kier molecular flexibility index (Phi) is 5.69. The molecule has 7 heteroatoms. The highest BCUT2D eigenvalue weighted by molar-refractivity contribution is 6.32. The van der Waals surface area contributed by atoms with Crippen LogP contribution in [0.15, 0.2) is 12.1 Å². The molecule has 21 heavy (non-hydrogen) atoms. The molecule has 0 aromatic heterocycles. The largest absolute Gasteiger partial charge is 0.495 e. The Morgan fingerprint density at radius 1 is 1.29 bits per heavy atom. The zero-order valence-electron chi connectivity index (χ0n) is 12.8. The molecule has 2 amide bonds. The fourth-order valence-corrected chi connectivity index (χ4v) is 1.73. The lowest BCUT2D eigenvalue weighted by molar-refractivity contribution is 0.0486. The van der Waals surface area contributed by atoms with E-state index in [-0.39, 0.29) is 0 Å². The minimum absolute atomic E-state index is 0.351. The molecule has 0 saturated carbocycles. The summed E-state index contributed by atoms with van der Waals surface area (Å²) in [6.45, 7) is 4.93. The first-order valence-electron chi connectivity index (χ1n) is 6.40. The Hall–Kier alpha value is -1.66. The number of methoxy groups -OCH3 is 2. The van der Waals surface area contributed by atoms with E-state index >= 15 is 0 Å². The van der Waals surface area contributed by atoms with Crippen LogP contribution in [0.5, 0.6) is 11.5 Å². The standard InChI is InChI=1S/C14H21ClN2O4/c1-8(14(2,3)19)16-13(18)17-10-6-9(15)11(20-4)7-12(10)21-5/h6-8,19H,1-5H3,(H2,16,17,18)/t8-/m0/s1. The van der Waals surface area contributed by atoms with Crippen LogP contribution in [0.2, 0.25) is 5.02 Å². The zero-order chi connectivity index (χ0) is 16.2. The molecule has 0 heterocycles. The zero-order valence-corrected chi connectivity index (χ0v) is 13.5. The van der Waals surface area contributed by atoms with Crippen LogP contribution in [0.3, 0.4) is 0 Å². The molecule has 0 saturated heterocycles. The molecular formula is C14H21ClN2O4. The van der Waals surface area contributed by atoms with E-state index in [4.69, 9.17) is 21.1 Å². The summed E-state index contributed by atoms with van der Waals surface area (Å²) in [4.78, 5) is 11.9. The molecule has 0 spiro atoms. The molecule has 1 aromatic rings. The van der Waals surface area contributed by atoms with Gasteiger partial charge in [0.15, 0.2) is 0 Å². The van der Waals surface area contributed by atoms with Crippen LogP contribution in [0, 0.1) is 0 Å². The van der Waals surface area contributed by atoms with Gasteiger partial charge in [-0.05, 0) is 26.8 Å². The van der Waals surface area contributed by atoms with Gasteiger partial charge in [-0.15, -0.1) is 0 Å². The van der Waals surface area contributed by atoms with Crippen LogP contribution >= 0.6 is 11.6 Å². The lowest BCUT2D eigenvalue weighted by atomic mass is 10.0. The van der Waals surface area contributed by atoms with Crippen LogP contribution < -0.4 is 20.1 Å². The highest BCUT2D eigenvalue weighted by Gasteiger charge is 2.24. The number of hydrogen-bond acceptors (Lipinski definition) is 4. The number of aliphatic hydroxyl groups is 1. The summed E-state index contributed by atoms with van der Waals surface area (Å²) in [5.74, 6) is 0.867. The molecule has 6 nitrogen and oxygen atoms in total. The van der Waals surface area contributed by atoms with Crippen LogP contribution in [0.25, 0.3) is 0 Å². The van der Waals surface area contributed by atoms with Gasteiger partial charge in [-0.25, -0.2) is 4.79 Å². The van der Waals surface area contributed by atoms with E-state index in [1.54, 1.807) is 26.8 Å². The predicted octanol–water partition coefficient (Wildman–Crippen LogP) is 2.64. The molecule has 1 aromatic carbocycles. The van der Waals surface area contributed by atoms with Crippen LogP contribution in [0.4, 0.5) is 10.5 Å². The van der Waals surface area contributed by atoms with Gasteiger partial charge in [0, 0.05) is 6.07 Å². The van der Waals surface area contributed by atoms with E-state index in [0.29, 0.717) is 22.2 Å². The van der Waals surface area contributed by atoms with Crippen molar-refractivity contribution in [3.63, 3.8) is 0 Å². The monoisotopic (exact) mass is 316 g/mol. The van der Waals surface area contributed by atoms with Crippen molar-refractivity contribution in [1.82, 2.24) is 5.32 Å². The number of nitrogens with one attached hydrogen (secondary N) is 2. The lowest BCUT2D eigenvalue weighted by Gasteiger charge is -2.26. The van der Waals surface area contributed by atoms with Crippen molar-refractivity contribution in [2.24, 2.45) is 0 Å². The number of urea groups is 1. The minimum atomic E-state index is -1.03. The Labute approximate surface area is 129 Å². The van der Waals surface area contributed by atoms with E-state index in [1.807, 2.05) is 0 Å². The number of rotatable bonds is 5. The van der Waals surface area contributed by atoms with Crippen molar-refractivity contribution in [3.8, 4) is 11.5 Å². The third-order valence-electron chi connectivity index (χ3n) is 3.13. The Morgan fingerprint density at radius 2 is 1.86 bits per heavy atom. The molecule has 1 rings (SSSR count). The van der Waals surface area contributed by atoms with Crippen LogP contribution in [-0.2, 0) is 0 Å². The SMILES string of the molecule is COc1cc(OC)c(NC(=O)N[C@@H](C)C(C)(C)O)cc1Cl. The average Bonchev–Trinajstić information content (AvgIpc) is 2.37. The van der Waals surface area contributed by atoms with E-state index in [9.17, 15) is 9.90 Å².